The number of ether oxygens (including phenoxy) is 1. The Kier molecular flexibility index (Phi) is 4.51. The molecule has 27 heavy (non-hydrogen) atoms. The number of fused-ring (bicyclic) bond motifs is 1. The van der Waals surface area contributed by atoms with E-state index >= 15 is 0 Å². The molecule has 0 fully saturated rings. The maximum atomic E-state index is 13.4. The van der Waals surface area contributed by atoms with Gasteiger partial charge in [0.15, 0.2) is 4.77 Å². The van der Waals surface area contributed by atoms with Crippen LogP contribution in [0.3, 0.4) is 0 Å². The topological polar surface area (TPSA) is 67.8 Å². The first-order valence-corrected chi connectivity index (χ1v) is 8.66. The van der Waals surface area contributed by atoms with Crippen LogP contribution in [-0.2, 0) is 0 Å². The molecule has 0 bridgehead atoms. The largest absolute Gasteiger partial charge is 0.494 e. The van der Waals surface area contributed by atoms with Gasteiger partial charge in [0.2, 0.25) is 0 Å². The molecule has 4 rings (SSSR count). The Bertz CT molecular complexity index is 1210. The van der Waals surface area contributed by atoms with Gasteiger partial charge < -0.3 is 15.0 Å². The molecule has 0 aliphatic carbocycles. The summed E-state index contributed by atoms with van der Waals surface area (Å²) in [7, 11) is 1.59. The summed E-state index contributed by atoms with van der Waals surface area (Å²) < 4.78 is 21.2. The smallest absolute Gasteiger partial charge is 0.181 e. The third kappa shape index (κ3) is 3.24. The second kappa shape index (κ2) is 6.98. The molecular weight excluding hydrogens is 389 g/mol. The third-order valence-corrected chi connectivity index (χ3v) is 4.63. The lowest BCUT2D eigenvalue weighted by Crippen LogP contribution is -2.01. The molecular formula is C18H13ClFN5OS. The van der Waals surface area contributed by atoms with Crippen LogP contribution in [0.2, 0.25) is 5.02 Å². The molecule has 0 saturated carbocycles. The maximum absolute atomic E-state index is 13.4. The molecule has 0 unspecified atom stereocenters. The van der Waals surface area contributed by atoms with Crippen molar-refractivity contribution < 1.29 is 9.13 Å². The van der Waals surface area contributed by atoms with Crippen LogP contribution in [0.15, 0.2) is 49.1 Å². The standard InChI is InChI=1S/C18H13ClFN5OS/c1-26-16-8-14-11(7-15(16)25-5-4-21-18(25)27)17(23-9-22-14)24-10-2-3-13(20)12(19)6-10/h2-9H,1H3,(H,21,27)(H,22,23,24). The minimum atomic E-state index is -0.483. The summed E-state index contributed by atoms with van der Waals surface area (Å²) in [5.74, 6) is 0.685. The van der Waals surface area contributed by atoms with Gasteiger partial charge in [-0.3, -0.25) is 4.57 Å². The van der Waals surface area contributed by atoms with Crippen LogP contribution in [0.5, 0.6) is 5.75 Å². The normalized spacial score (nSPS) is 10.9. The first kappa shape index (κ1) is 17.4. The van der Waals surface area contributed by atoms with Crippen molar-refractivity contribution in [3.8, 4) is 11.4 Å². The van der Waals surface area contributed by atoms with Gasteiger partial charge in [-0.1, -0.05) is 11.6 Å². The molecule has 0 aliphatic heterocycles. The monoisotopic (exact) mass is 401 g/mol. The Balaban J connectivity index is 1.88. The Labute approximate surface area is 163 Å². The molecule has 0 amide bonds. The van der Waals surface area contributed by atoms with Gasteiger partial charge in [-0.2, -0.15) is 0 Å². The summed E-state index contributed by atoms with van der Waals surface area (Å²) in [6, 6.07) is 8.07. The molecule has 2 aromatic carbocycles. The number of hydrogen-bond donors (Lipinski definition) is 2. The van der Waals surface area contributed by atoms with Crippen molar-refractivity contribution in [2.45, 2.75) is 0 Å². The van der Waals surface area contributed by atoms with Crippen molar-refractivity contribution >= 4 is 46.2 Å². The van der Waals surface area contributed by atoms with Crippen molar-refractivity contribution in [2.24, 2.45) is 0 Å². The Morgan fingerprint density at radius 2 is 2.11 bits per heavy atom. The lowest BCUT2D eigenvalue weighted by molar-refractivity contribution is 0.413. The lowest BCUT2D eigenvalue weighted by atomic mass is 10.2. The summed E-state index contributed by atoms with van der Waals surface area (Å²) >= 11 is 11.2. The number of benzene rings is 2. The Hall–Kier alpha value is -2.97. The predicted octanol–water partition coefficient (Wildman–Crippen LogP) is 5.02. The SMILES string of the molecule is COc1cc2ncnc(Nc3ccc(F)c(Cl)c3)c2cc1-n1cc[nH]c1=S. The van der Waals surface area contributed by atoms with Crippen LogP contribution in [0, 0.1) is 10.6 Å². The van der Waals surface area contributed by atoms with Gasteiger partial charge in [0, 0.05) is 29.5 Å². The fourth-order valence-corrected chi connectivity index (χ4v) is 3.15. The van der Waals surface area contributed by atoms with Gasteiger partial charge in [0.25, 0.3) is 0 Å². The quantitative estimate of drug-likeness (QED) is 0.470. The molecule has 0 radical (unpaired) electrons. The Morgan fingerprint density at radius 1 is 1.26 bits per heavy atom. The number of aromatic amines is 1. The summed E-state index contributed by atoms with van der Waals surface area (Å²) in [6.45, 7) is 0. The first-order valence-electron chi connectivity index (χ1n) is 7.88. The number of aromatic nitrogens is 4. The highest BCUT2D eigenvalue weighted by Gasteiger charge is 2.13. The number of imidazole rings is 1. The molecule has 0 spiro atoms. The number of nitrogens with zero attached hydrogens (tertiary/aromatic N) is 3. The fourth-order valence-electron chi connectivity index (χ4n) is 2.74. The molecule has 0 aliphatic rings. The van der Waals surface area contributed by atoms with Gasteiger partial charge in [-0.25, -0.2) is 14.4 Å². The van der Waals surface area contributed by atoms with E-state index in [-0.39, 0.29) is 5.02 Å². The van der Waals surface area contributed by atoms with E-state index in [1.807, 2.05) is 18.3 Å². The average Bonchev–Trinajstić information content (AvgIpc) is 3.09. The third-order valence-electron chi connectivity index (χ3n) is 4.03. The van der Waals surface area contributed by atoms with Gasteiger partial charge in [0.05, 0.1) is 23.3 Å². The zero-order valence-corrected chi connectivity index (χ0v) is 15.6. The Morgan fingerprint density at radius 3 is 2.81 bits per heavy atom. The van der Waals surface area contributed by atoms with Gasteiger partial charge in [-0.15, -0.1) is 0 Å². The zero-order chi connectivity index (χ0) is 19.0. The number of nitrogens with one attached hydrogen (secondary N) is 2. The van der Waals surface area contributed by atoms with Crippen LogP contribution in [0.25, 0.3) is 16.6 Å². The minimum absolute atomic E-state index is 0.0272. The maximum Gasteiger partial charge on any atom is 0.181 e. The van der Waals surface area contributed by atoms with E-state index in [0.717, 1.165) is 11.1 Å². The molecule has 6 nitrogen and oxygen atoms in total. The lowest BCUT2D eigenvalue weighted by Gasteiger charge is -2.13. The van der Waals surface area contributed by atoms with E-state index in [1.165, 1.54) is 18.5 Å². The molecule has 9 heteroatoms. The number of hydrogen-bond acceptors (Lipinski definition) is 5. The second-order valence-corrected chi connectivity index (χ2v) is 6.45. The average molecular weight is 402 g/mol. The first-order chi connectivity index (χ1) is 13.1. The fraction of sp³-hybridized carbons (Fsp3) is 0.0556. The highest BCUT2D eigenvalue weighted by molar-refractivity contribution is 7.71. The van der Waals surface area contributed by atoms with E-state index in [0.29, 0.717) is 27.5 Å². The number of halogens is 2. The van der Waals surface area contributed by atoms with Crippen molar-refractivity contribution in [3.63, 3.8) is 0 Å². The van der Waals surface area contributed by atoms with Crippen LogP contribution in [0.4, 0.5) is 15.9 Å². The molecule has 2 heterocycles. The van der Waals surface area contributed by atoms with Gasteiger partial charge >= 0.3 is 0 Å². The summed E-state index contributed by atoms with van der Waals surface area (Å²) in [5, 5.41) is 3.93. The number of methoxy groups -OCH3 is 1. The van der Waals surface area contributed by atoms with Crippen LogP contribution < -0.4 is 10.1 Å². The van der Waals surface area contributed by atoms with Crippen LogP contribution in [-0.4, -0.2) is 26.6 Å². The minimum Gasteiger partial charge on any atom is -0.494 e. The van der Waals surface area contributed by atoms with Crippen molar-refractivity contribution in [2.75, 3.05) is 12.4 Å². The van der Waals surface area contributed by atoms with Crippen LogP contribution in [0.1, 0.15) is 0 Å². The summed E-state index contributed by atoms with van der Waals surface area (Å²) in [6.07, 6.45) is 4.99. The van der Waals surface area contributed by atoms with Gasteiger partial charge in [0.1, 0.15) is 23.7 Å². The molecule has 4 aromatic rings. The molecule has 2 N–H and O–H groups in total. The van der Waals surface area contributed by atoms with Crippen molar-refractivity contribution in [1.82, 2.24) is 19.5 Å². The van der Waals surface area contributed by atoms with E-state index < -0.39 is 5.82 Å². The summed E-state index contributed by atoms with van der Waals surface area (Å²) in [5.41, 5.74) is 2.03. The molecule has 2 aromatic heterocycles. The van der Waals surface area contributed by atoms with Gasteiger partial charge in [-0.05, 0) is 36.5 Å². The van der Waals surface area contributed by atoms with E-state index in [4.69, 9.17) is 28.6 Å². The second-order valence-electron chi connectivity index (χ2n) is 5.65. The molecule has 0 saturated heterocycles. The number of H-pyrrole nitrogens is 1. The summed E-state index contributed by atoms with van der Waals surface area (Å²) in [4.78, 5) is 11.6. The number of rotatable bonds is 4. The molecule has 0 atom stereocenters. The number of anilines is 2. The van der Waals surface area contributed by atoms with E-state index in [9.17, 15) is 4.39 Å². The van der Waals surface area contributed by atoms with Crippen LogP contribution >= 0.6 is 23.8 Å². The highest BCUT2D eigenvalue weighted by atomic mass is 35.5. The van der Waals surface area contributed by atoms with Crippen molar-refractivity contribution in [1.29, 1.82) is 0 Å². The zero-order valence-electron chi connectivity index (χ0n) is 14.0. The predicted molar refractivity (Wildman–Crippen MR) is 105 cm³/mol. The van der Waals surface area contributed by atoms with E-state index in [1.54, 1.807) is 23.9 Å². The highest BCUT2D eigenvalue weighted by Crippen LogP contribution is 2.32. The van der Waals surface area contributed by atoms with Crippen molar-refractivity contribution in [3.05, 3.63) is 64.7 Å². The molecule has 136 valence electrons. The van der Waals surface area contributed by atoms with E-state index in [2.05, 4.69) is 20.3 Å².